The Bertz CT molecular complexity index is 660. The van der Waals surface area contributed by atoms with Crippen LogP contribution in [0.5, 0.6) is 0 Å². The number of hydrogen-bond acceptors (Lipinski definition) is 2. The number of aromatic nitrogens is 2. The van der Waals surface area contributed by atoms with Gasteiger partial charge in [0.15, 0.2) is 5.65 Å². The average molecular weight is 220 g/mol. The van der Waals surface area contributed by atoms with E-state index in [2.05, 4.69) is 41.2 Å². The number of aryl methyl sites for hydroxylation is 1. The van der Waals surface area contributed by atoms with Crippen molar-refractivity contribution in [3.8, 4) is 11.3 Å². The Morgan fingerprint density at radius 1 is 0.941 bits per heavy atom. The highest BCUT2D eigenvalue weighted by molar-refractivity contribution is 5.81. The molecular formula is C15H12N2. The van der Waals surface area contributed by atoms with E-state index >= 15 is 0 Å². The first-order chi connectivity index (χ1) is 8.34. The van der Waals surface area contributed by atoms with E-state index in [9.17, 15) is 0 Å². The topological polar surface area (TPSA) is 25.8 Å². The molecule has 0 saturated carbocycles. The van der Waals surface area contributed by atoms with Crippen LogP contribution in [0.15, 0.2) is 54.7 Å². The molecule has 0 fully saturated rings. The molecule has 0 radical (unpaired) electrons. The van der Waals surface area contributed by atoms with Crippen LogP contribution in [-0.4, -0.2) is 9.97 Å². The molecule has 0 aliphatic rings. The van der Waals surface area contributed by atoms with Crippen LogP contribution in [0.25, 0.3) is 22.3 Å². The molecule has 2 nitrogen and oxygen atoms in total. The van der Waals surface area contributed by atoms with Crippen LogP contribution in [0.1, 0.15) is 5.56 Å². The van der Waals surface area contributed by atoms with Crippen molar-refractivity contribution in [2.75, 3.05) is 0 Å². The molecule has 0 aliphatic heterocycles. The Balaban J connectivity index is 2.26. The third kappa shape index (κ3) is 1.78. The van der Waals surface area contributed by atoms with E-state index in [1.165, 1.54) is 5.56 Å². The van der Waals surface area contributed by atoms with Crippen LogP contribution in [0, 0.1) is 6.92 Å². The molecule has 2 aromatic heterocycles. The monoisotopic (exact) mass is 220 g/mol. The summed E-state index contributed by atoms with van der Waals surface area (Å²) >= 11 is 0. The fourth-order valence-corrected chi connectivity index (χ4v) is 1.98. The molecule has 0 bridgehead atoms. The van der Waals surface area contributed by atoms with Crippen molar-refractivity contribution >= 4 is 11.0 Å². The first-order valence-electron chi connectivity index (χ1n) is 5.62. The number of hydrogen-bond donors (Lipinski definition) is 0. The summed E-state index contributed by atoms with van der Waals surface area (Å²) < 4.78 is 0. The molecule has 0 aliphatic carbocycles. The van der Waals surface area contributed by atoms with E-state index in [1.807, 2.05) is 24.3 Å². The quantitative estimate of drug-likeness (QED) is 0.626. The van der Waals surface area contributed by atoms with Crippen molar-refractivity contribution in [3.05, 3.63) is 60.3 Å². The van der Waals surface area contributed by atoms with Crippen LogP contribution >= 0.6 is 0 Å². The van der Waals surface area contributed by atoms with Crippen LogP contribution in [0.4, 0.5) is 0 Å². The molecular weight excluding hydrogens is 208 g/mol. The van der Waals surface area contributed by atoms with Gasteiger partial charge in [0.1, 0.15) is 0 Å². The number of rotatable bonds is 1. The molecule has 2 heterocycles. The summed E-state index contributed by atoms with van der Waals surface area (Å²) in [4.78, 5) is 8.91. The van der Waals surface area contributed by atoms with Gasteiger partial charge in [-0.15, -0.1) is 0 Å². The van der Waals surface area contributed by atoms with Crippen molar-refractivity contribution in [1.29, 1.82) is 0 Å². The maximum absolute atomic E-state index is 4.60. The van der Waals surface area contributed by atoms with Gasteiger partial charge in [0, 0.05) is 17.1 Å². The van der Waals surface area contributed by atoms with Crippen LogP contribution in [0.3, 0.4) is 0 Å². The Kier molecular flexibility index (Phi) is 2.33. The zero-order chi connectivity index (χ0) is 11.7. The largest absolute Gasteiger partial charge is 0.237 e. The summed E-state index contributed by atoms with van der Waals surface area (Å²) in [6.07, 6.45) is 1.78. The van der Waals surface area contributed by atoms with Crippen LogP contribution in [-0.2, 0) is 0 Å². The first kappa shape index (κ1) is 9.97. The third-order valence-corrected chi connectivity index (χ3v) is 2.86. The molecule has 0 amide bonds. The highest BCUT2D eigenvalue weighted by Gasteiger charge is 2.04. The van der Waals surface area contributed by atoms with Gasteiger partial charge in [0.25, 0.3) is 0 Å². The summed E-state index contributed by atoms with van der Waals surface area (Å²) in [7, 11) is 0. The average Bonchev–Trinajstić information content (AvgIpc) is 2.40. The normalized spacial score (nSPS) is 10.6. The van der Waals surface area contributed by atoms with E-state index in [0.29, 0.717) is 0 Å². The smallest absolute Gasteiger partial charge is 0.160 e. The van der Waals surface area contributed by atoms with Gasteiger partial charge in [-0.05, 0) is 30.7 Å². The van der Waals surface area contributed by atoms with E-state index in [1.54, 1.807) is 6.20 Å². The minimum atomic E-state index is 0.811. The second-order valence-electron chi connectivity index (χ2n) is 4.06. The molecule has 0 N–H and O–H groups in total. The maximum Gasteiger partial charge on any atom is 0.160 e. The highest BCUT2D eigenvalue weighted by atomic mass is 14.8. The van der Waals surface area contributed by atoms with Gasteiger partial charge in [-0.2, -0.15) is 0 Å². The van der Waals surface area contributed by atoms with Crippen LogP contribution in [0.2, 0.25) is 0 Å². The third-order valence-electron chi connectivity index (χ3n) is 2.86. The van der Waals surface area contributed by atoms with Gasteiger partial charge in [-0.1, -0.05) is 30.3 Å². The molecule has 0 atom stereocenters. The van der Waals surface area contributed by atoms with Crippen LogP contribution < -0.4 is 0 Å². The van der Waals surface area contributed by atoms with Gasteiger partial charge >= 0.3 is 0 Å². The number of benzene rings is 1. The minimum Gasteiger partial charge on any atom is -0.237 e. The highest BCUT2D eigenvalue weighted by Crippen LogP contribution is 2.22. The van der Waals surface area contributed by atoms with Crippen molar-refractivity contribution in [3.63, 3.8) is 0 Å². The van der Waals surface area contributed by atoms with Crippen molar-refractivity contribution in [2.24, 2.45) is 0 Å². The summed E-state index contributed by atoms with van der Waals surface area (Å²) in [5, 5.41) is 1.12. The lowest BCUT2D eigenvalue weighted by molar-refractivity contribution is 1.27. The Morgan fingerprint density at radius 2 is 1.76 bits per heavy atom. The molecule has 0 spiro atoms. The van der Waals surface area contributed by atoms with E-state index < -0.39 is 0 Å². The zero-order valence-electron chi connectivity index (χ0n) is 9.59. The standard InChI is InChI=1S/C15H12N2/c1-11-10-14(12-6-3-2-4-7-12)17-15-13(11)8-5-9-16-15/h2-10H,1H3. The molecule has 3 aromatic rings. The summed E-state index contributed by atoms with van der Waals surface area (Å²) in [6, 6.07) is 16.3. The lowest BCUT2D eigenvalue weighted by Crippen LogP contribution is -1.90. The van der Waals surface area contributed by atoms with E-state index in [4.69, 9.17) is 0 Å². The predicted octanol–water partition coefficient (Wildman–Crippen LogP) is 3.61. The van der Waals surface area contributed by atoms with Crippen molar-refractivity contribution < 1.29 is 0 Å². The number of nitrogens with zero attached hydrogens (tertiary/aromatic N) is 2. The van der Waals surface area contributed by atoms with E-state index in [0.717, 1.165) is 22.3 Å². The van der Waals surface area contributed by atoms with Gasteiger partial charge in [-0.3, -0.25) is 0 Å². The molecule has 3 rings (SSSR count). The lowest BCUT2D eigenvalue weighted by Gasteiger charge is -2.05. The second-order valence-corrected chi connectivity index (χ2v) is 4.06. The maximum atomic E-state index is 4.60. The van der Waals surface area contributed by atoms with Gasteiger partial charge < -0.3 is 0 Å². The summed E-state index contributed by atoms with van der Waals surface area (Å²) in [6.45, 7) is 2.10. The van der Waals surface area contributed by atoms with Gasteiger partial charge in [0.05, 0.1) is 5.69 Å². The molecule has 2 heteroatoms. The summed E-state index contributed by atoms with van der Waals surface area (Å²) in [5.74, 6) is 0. The number of pyridine rings is 2. The Hall–Kier alpha value is -2.22. The lowest BCUT2D eigenvalue weighted by atomic mass is 10.1. The fraction of sp³-hybridized carbons (Fsp3) is 0.0667. The molecule has 1 aromatic carbocycles. The van der Waals surface area contributed by atoms with Crippen molar-refractivity contribution in [2.45, 2.75) is 6.92 Å². The summed E-state index contributed by atoms with van der Waals surface area (Å²) in [5.41, 5.74) is 4.13. The molecule has 0 unspecified atom stereocenters. The fourth-order valence-electron chi connectivity index (χ4n) is 1.98. The van der Waals surface area contributed by atoms with E-state index in [-0.39, 0.29) is 0 Å². The Labute approximate surface area is 100.0 Å². The Morgan fingerprint density at radius 3 is 2.59 bits per heavy atom. The van der Waals surface area contributed by atoms with Gasteiger partial charge in [-0.25, -0.2) is 9.97 Å². The molecule has 0 saturated heterocycles. The zero-order valence-corrected chi connectivity index (χ0v) is 9.59. The SMILES string of the molecule is Cc1cc(-c2ccccc2)nc2ncccc12. The second kappa shape index (κ2) is 3.98. The number of fused-ring (bicyclic) bond motifs is 1. The molecule has 17 heavy (non-hydrogen) atoms. The minimum absolute atomic E-state index is 0.811. The van der Waals surface area contributed by atoms with Gasteiger partial charge in [0.2, 0.25) is 0 Å². The molecule has 82 valence electrons. The van der Waals surface area contributed by atoms with Crippen molar-refractivity contribution in [1.82, 2.24) is 9.97 Å². The predicted molar refractivity (Wildman–Crippen MR) is 69.7 cm³/mol. The first-order valence-corrected chi connectivity index (χ1v) is 5.62.